The highest BCUT2D eigenvalue weighted by molar-refractivity contribution is 4.99. The van der Waals surface area contributed by atoms with Crippen molar-refractivity contribution >= 4 is 0 Å². The lowest BCUT2D eigenvalue weighted by Crippen LogP contribution is -2.64. The van der Waals surface area contributed by atoms with Gasteiger partial charge < -0.3 is 45.5 Å². The predicted octanol–water partition coefficient (Wildman–Crippen LogP) is -0.645. The van der Waals surface area contributed by atoms with Crippen LogP contribution in [-0.2, 0) is 14.2 Å². The van der Waals surface area contributed by atoms with E-state index < -0.39 is 55.6 Å². The van der Waals surface area contributed by atoms with Crippen LogP contribution in [0.25, 0.3) is 0 Å². The minimum absolute atomic E-state index is 0.0147. The molecule has 2 heterocycles. The number of nitrogens with two attached hydrogens (primary N) is 1. The summed E-state index contributed by atoms with van der Waals surface area (Å²) in [6.45, 7) is 7.64. The van der Waals surface area contributed by atoms with Gasteiger partial charge in [-0.25, -0.2) is 0 Å². The Bertz CT molecular complexity index is 580. The Kier molecular flexibility index (Phi) is 8.38. The fraction of sp³-hybridized carbons (Fsp3) is 1.00. The summed E-state index contributed by atoms with van der Waals surface area (Å²) < 4.78 is 17.9. The summed E-state index contributed by atoms with van der Waals surface area (Å²) in [4.78, 5) is 0. The SMILES string of the molecule is CCC1OC(C2C(C)CC(C)C(OC3OC(CO)C(O)C(N)C3O)C2O)C(C)CC1O. The van der Waals surface area contributed by atoms with Crippen molar-refractivity contribution in [1.29, 1.82) is 0 Å². The quantitative estimate of drug-likeness (QED) is 0.323. The fourth-order valence-electron chi connectivity index (χ4n) is 5.82. The highest BCUT2D eigenvalue weighted by Gasteiger charge is 2.51. The van der Waals surface area contributed by atoms with Crippen LogP contribution in [0.2, 0.25) is 0 Å². The van der Waals surface area contributed by atoms with Gasteiger partial charge in [0, 0.05) is 5.92 Å². The van der Waals surface area contributed by atoms with Crippen molar-refractivity contribution in [3.63, 3.8) is 0 Å². The van der Waals surface area contributed by atoms with Crippen LogP contribution >= 0.6 is 0 Å². The van der Waals surface area contributed by atoms with Gasteiger partial charge >= 0.3 is 0 Å². The normalized spacial score (nSPS) is 54.0. The maximum absolute atomic E-state index is 11.4. The molecule has 14 unspecified atom stereocenters. The predicted molar refractivity (Wildman–Crippen MR) is 112 cm³/mol. The van der Waals surface area contributed by atoms with Gasteiger partial charge in [-0.2, -0.15) is 0 Å². The number of aliphatic hydroxyl groups is 5. The van der Waals surface area contributed by atoms with E-state index in [1.807, 2.05) is 20.8 Å². The first-order valence-electron chi connectivity index (χ1n) is 11.7. The molecule has 9 nitrogen and oxygen atoms in total. The minimum atomic E-state index is -1.29. The molecule has 0 spiro atoms. The maximum Gasteiger partial charge on any atom is 0.186 e. The Hall–Kier alpha value is -0.360. The molecule has 2 aliphatic heterocycles. The van der Waals surface area contributed by atoms with Crippen molar-refractivity contribution in [3.05, 3.63) is 0 Å². The van der Waals surface area contributed by atoms with Crippen molar-refractivity contribution in [1.82, 2.24) is 0 Å². The molecule has 1 saturated carbocycles. The Balaban J connectivity index is 1.77. The van der Waals surface area contributed by atoms with Crippen molar-refractivity contribution < 1.29 is 39.7 Å². The van der Waals surface area contributed by atoms with Gasteiger partial charge in [-0.1, -0.05) is 27.7 Å². The molecule has 0 radical (unpaired) electrons. The summed E-state index contributed by atoms with van der Waals surface area (Å²) in [5.41, 5.74) is 5.90. The molecular formula is C22H41NO8. The second kappa shape index (κ2) is 10.3. The van der Waals surface area contributed by atoms with Gasteiger partial charge in [0.1, 0.15) is 18.3 Å². The van der Waals surface area contributed by atoms with Crippen LogP contribution in [0.5, 0.6) is 0 Å². The maximum atomic E-state index is 11.4. The Labute approximate surface area is 184 Å². The molecule has 182 valence electrons. The van der Waals surface area contributed by atoms with E-state index in [9.17, 15) is 25.5 Å². The molecule has 7 N–H and O–H groups in total. The molecule has 0 amide bonds. The van der Waals surface area contributed by atoms with Crippen molar-refractivity contribution in [2.75, 3.05) is 6.61 Å². The zero-order valence-corrected chi connectivity index (χ0v) is 18.9. The molecule has 14 atom stereocenters. The minimum Gasteiger partial charge on any atom is -0.394 e. The smallest absolute Gasteiger partial charge is 0.186 e. The second-order valence-corrected chi connectivity index (χ2v) is 9.97. The summed E-state index contributed by atoms with van der Waals surface area (Å²) in [6.07, 6.45) is -5.02. The lowest BCUT2D eigenvalue weighted by molar-refractivity contribution is -0.312. The second-order valence-electron chi connectivity index (χ2n) is 9.97. The summed E-state index contributed by atoms with van der Waals surface area (Å²) in [5.74, 6) is 0.0369. The van der Waals surface area contributed by atoms with Gasteiger partial charge in [-0.15, -0.1) is 0 Å². The molecule has 3 fully saturated rings. The molecular weight excluding hydrogens is 406 g/mol. The standard InChI is InChI=1S/C22H41NO8/c1-5-13-12(25)7-11(4)20(29-13)15-9(2)6-10(3)21(18(15)27)31-22-19(28)16(23)17(26)14(8-24)30-22/h9-22,24-28H,5-8,23H2,1-4H3. The molecule has 0 aromatic carbocycles. The average Bonchev–Trinajstić information content (AvgIpc) is 2.72. The van der Waals surface area contributed by atoms with Crippen molar-refractivity contribution in [3.8, 4) is 0 Å². The molecule has 0 bridgehead atoms. The Morgan fingerprint density at radius 1 is 0.871 bits per heavy atom. The third-order valence-electron chi connectivity index (χ3n) is 7.64. The van der Waals surface area contributed by atoms with Crippen LogP contribution in [0.4, 0.5) is 0 Å². The zero-order valence-electron chi connectivity index (χ0n) is 18.9. The number of rotatable bonds is 5. The highest BCUT2D eigenvalue weighted by Crippen LogP contribution is 2.44. The van der Waals surface area contributed by atoms with E-state index in [4.69, 9.17) is 19.9 Å². The molecule has 9 heteroatoms. The first kappa shape index (κ1) is 25.3. The van der Waals surface area contributed by atoms with Gasteiger partial charge in [0.05, 0.1) is 43.2 Å². The molecule has 31 heavy (non-hydrogen) atoms. The first-order valence-corrected chi connectivity index (χ1v) is 11.7. The lowest BCUT2D eigenvalue weighted by atomic mass is 9.66. The van der Waals surface area contributed by atoms with Crippen LogP contribution < -0.4 is 5.73 Å². The third kappa shape index (κ3) is 4.95. The van der Waals surface area contributed by atoms with Gasteiger partial charge in [0.15, 0.2) is 6.29 Å². The number of ether oxygens (including phenoxy) is 3. The molecule has 2 saturated heterocycles. The summed E-state index contributed by atoms with van der Waals surface area (Å²) >= 11 is 0. The fourth-order valence-corrected chi connectivity index (χ4v) is 5.82. The van der Waals surface area contributed by atoms with Crippen molar-refractivity contribution in [2.24, 2.45) is 29.4 Å². The van der Waals surface area contributed by atoms with E-state index in [-0.39, 0.29) is 35.9 Å². The van der Waals surface area contributed by atoms with Gasteiger partial charge in [0.2, 0.25) is 0 Å². The van der Waals surface area contributed by atoms with Gasteiger partial charge in [-0.3, -0.25) is 0 Å². The van der Waals surface area contributed by atoms with E-state index >= 15 is 0 Å². The number of aliphatic hydroxyl groups excluding tert-OH is 5. The van der Waals surface area contributed by atoms with Gasteiger partial charge in [0.25, 0.3) is 0 Å². The molecule has 3 rings (SSSR count). The van der Waals surface area contributed by atoms with E-state index in [0.29, 0.717) is 12.8 Å². The van der Waals surface area contributed by atoms with E-state index in [0.717, 1.165) is 6.42 Å². The summed E-state index contributed by atoms with van der Waals surface area (Å²) in [7, 11) is 0. The van der Waals surface area contributed by atoms with Crippen LogP contribution in [0.1, 0.15) is 47.0 Å². The van der Waals surface area contributed by atoms with Crippen LogP contribution in [-0.4, -0.2) is 93.3 Å². The lowest BCUT2D eigenvalue weighted by Gasteiger charge is -2.51. The zero-order chi connectivity index (χ0) is 23.0. The largest absolute Gasteiger partial charge is 0.394 e. The van der Waals surface area contributed by atoms with Crippen LogP contribution in [0, 0.1) is 23.7 Å². The Morgan fingerprint density at radius 2 is 1.55 bits per heavy atom. The monoisotopic (exact) mass is 447 g/mol. The third-order valence-corrected chi connectivity index (χ3v) is 7.64. The Morgan fingerprint density at radius 3 is 2.16 bits per heavy atom. The van der Waals surface area contributed by atoms with Crippen molar-refractivity contribution in [2.45, 2.75) is 108 Å². The summed E-state index contributed by atoms with van der Waals surface area (Å²) in [6, 6.07) is -1.03. The summed E-state index contributed by atoms with van der Waals surface area (Å²) in [5, 5.41) is 51.7. The molecule has 1 aliphatic carbocycles. The van der Waals surface area contributed by atoms with E-state index in [1.54, 1.807) is 0 Å². The van der Waals surface area contributed by atoms with Crippen LogP contribution in [0.3, 0.4) is 0 Å². The van der Waals surface area contributed by atoms with E-state index in [1.165, 1.54) is 0 Å². The number of hydrogen-bond acceptors (Lipinski definition) is 9. The topological polar surface area (TPSA) is 155 Å². The highest BCUT2D eigenvalue weighted by atomic mass is 16.7. The molecule has 0 aromatic rings. The first-order chi connectivity index (χ1) is 14.6. The molecule has 0 aromatic heterocycles. The van der Waals surface area contributed by atoms with Crippen LogP contribution in [0.15, 0.2) is 0 Å². The van der Waals surface area contributed by atoms with Gasteiger partial charge in [-0.05, 0) is 37.0 Å². The number of hydrogen-bond donors (Lipinski definition) is 6. The molecule has 3 aliphatic rings. The average molecular weight is 448 g/mol. The van der Waals surface area contributed by atoms with E-state index in [2.05, 4.69) is 6.92 Å².